The van der Waals surface area contributed by atoms with Crippen molar-refractivity contribution in [2.24, 2.45) is 5.73 Å². The van der Waals surface area contributed by atoms with E-state index >= 15 is 0 Å². The minimum atomic E-state index is -4.34. The molecule has 0 fully saturated rings. The number of carbonyl (C=O) groups excluding carboxylic acids is 1. The number of unbranched alkanes of at least 4 members (excludes halogenated alkanes) is 50. The van der Waals surface area contributed by atoms with Crippen molar-refractivity contribution in [1.29, 1.82) is 0 Å². The molecule has 72 heavy (non-hydrogen) atoms. The van der Waals surface area contributed by atoms with Gasteiger partial charge in [0.25, 0.3) is 0 Å². The van der Waals surface area contributed by atoms with Crippen LogP contribution in [-0.4, -0.2) is 47.8 Å². The highest BCUT2D eigenvalue weighted by atomic mass is 31.2. The smallest absolute Gasteiger partial charge is 0.387 e. The van der Waals surface area contributed by atoms with Crippen molar-refractivity contribution in [2.45, 2.75) is 366 Å². The Morgan fingerprint density at radius 1 is 0.444 bits per heavy atom. The zero-order chi connectivity index (χ0) is 52.4. The fourth-order valence-electron chi connectivity index (χ4n) is 10.3. The van der Waals surface area contributed by atoms with E-state index in [9.17, 15) is 19.4 Å². The number of phosphoric ester groups is 1. The average Bonchev–Trinajstić information content (AvgIpc) is 3.37. The van der Waals surface area contributed by atoms with Crippen molar-refractivity contribution in [1.82, 2.24) is 5.32 Å². The number of rotatable bonds is 62. The van der Waals surface area contributed by atoms with Crippen LogP contribution in [-0.2, 0) is 18.4 Å². The summed E-state index contributed by atoms with van der Waals surface area (Å²) in [6, 6.07) is -0.857. The van der Waals surface area contributed by atoms with E-state index in [0.717, 1.165) is 38.5 Å². The summed E-state index contributed by atoms with van der Waals surface area (Å²) in [6.45, 7) is 4.20. The number of nitrogens with one attached hydrogen (secondary N) is 1. The van der Waals surface area contributed by atoms with Gasteiger partial charge in [0.2, 0.25) is 5.91 Å². The molecule has 3 atom stereocenters. The van der Waals surface area contributed by atoms with Crippen molar-refractivity contribution in [3.05, 3.63) is 12.2 Å². The van der Waals surface area contributed by atoms with Crippen molar-refractivity contribution in [3.8, 4) is 0 Å². The summed E-state index contributed by atoms with van der Waals surface area (Å²) in [5.74, 6) is -0.185. The van der Waals surface area contributed by atoms with Gasteiger partial charge in [-0.1, -0.05) is 341 Å². The highest BCUT2D eigenvalue weighted by Crippen LogP contribution is 2.43. The van der Waals surface area contributed by atoms with E-state index in [0.29, 0.717) is 6.42 Å². The Balaban J connectivity index is 3.78. The summed E-state index contributed by atoms with van der Waals surface area (Å²) < 4.78 is 22.3. The molecule has 0 aliphatic carbocycles. The summed E-state index contributed by atoms with van der Waals surface area (Å²) in [5, 5.41) is 13.8. The second kappa shape index (κ2) is 59.5. The van der Waals surface area contributed by atoms with Crippen LogP contribution in [0.1, 0.15) is 354 Å². The summed E-state index contributed by atoms with van der Waals surface area (Å²) in [6.07, 6.45) is 73.4. The first-order chi connectivity index (χ1) is 35.4. The van der Waals surface area contributed by atoms with Crippen LogP contribution >= 0.6 is 7.82 Å². The van der Waals surface area contributed by atoms with Crippen molar-refractivity contribution in [2.75, 3.05) is 19.8 Å². The van der Waals surface area contributed by atoms with Gasteiger partial charge in [-0.2, -0.15) is 0 Å². The summed E-state index contributed by atoms with van der Waals surface area (Å²) in [7, 11) is -4.34. The molecule has 1 amide bonds. The number of phosphoric acid groups is 1. The zero-order valence-corrected chi connectivity index (χ0v) is 49.4. The Hall–Kier alpha value is -0.760. The minimum absolute atomic E-state index is 0.0819. The van der Waals surface area contributed by atoms with E-state index in [4.69, 9.17) is 14.8 Å². The SMILES string of the molecule is CCCCCCCCCCCCCCCCC/C=C/[C@@H](O)[C@H](COP(=O)(O)OCCN)NC(=O)CCCCCCCCCCCCCCCCCCCCCCCCCCCCCCCCCCCCCC. The van der Waals surface area contributed by atoms with Crippen molar-refractivity contribution >= 4 is 13.7 Å². The topological polar surface area (TPSA) is 131 Å². The quantitative estimate of drug-likeness (QED) is 0.0271. The van der Waals surface area contributed by atoms with Gasteiger partial charge >= 0.3 is 7.82 Å². The van der Waals surface area contributed by atoms with Gasteiger partial charge in [-0.05, 0) is 19.3 Å². The van der Waals surface area contributed by atoms with Crippen LogP contribution in [0.15, 0.2) is 12.2 Å². The first-order valence-electron chi connectivity index (χ1n) is 32.3. The molecule has 0 aromatic carbocycles. The fourth-order valence-corrected chi connectivity index (χ4v) is 11.0. The van der Waals surface area contributed by atoms with Gasteiger partial charge in [0, 0.05) is 13.0 Å². The maximum absolute atomic E-state index is 12.9. The minimum Gasteiger partial charge on any atom is -0.387 e. The molecule has 0 aromatic heterocycles. The summed E-state index contributed by atoms with van der Waals surface area (Å²) in [5.41, 5.74) is 5.41. The Morgan fingerprint density at radius 3 is 0.986 bits per heavy atom. The number of aliphatic hydroxyl groups is 1. The molecule has 9 heteroatoms. The maximum atomic E-state index is 12.9. The molecule has 0 saturated carbocycles. The number of allylic oxidation sites excluding steroid dienone is 1. The molecule has 430 valence electrons. The molecule has 0 heterocycles. The lowest BCUT2D eigenvalue weighted by Crippen LogP contribution is -2.45. The van der Waals surface area contributed by atoms with E-state index in [-0.39, 0.29) is 25.7 Å². The summed E-state index contributed by atoms with van der Waals surface area (Å²) in [4.78, 5) is 22.9. The maximum Gasteiger partial charge on any atom is 0.472 e. The van der Waals surface area contributed by atoms with Crippen LogP contribution in [0.4, 0.5) is 0 Å². The Morgan fingerprint density at radius 2 is 0.708 bits per heavy atom. The predicted octanol–water partition coefficient (Wildman–Crippen LogP) is 20.2. The zero-order valence-electron chi connectivity index (χ0n) is 48.5. The second-order valence-electron chi connectivity index (χ2n) is 22.3. The van der Waals surface area contributed by atoms with Gasteiger partial charge in [0.15, 0.2) is 0 Å². The van der Waals surface area contributed by atoms with Gasteiger partial charge in [0.1, 0.15) is 0 Å². The lowest BCUT2D eigenvalue weighted by Gasteiger charge is -2.23. The summed E-state index contributed by atoms with van der Waals surface area (Å²) >= 11 is 0. The van der Waals surface area contributed by atoms with Gasteiger partial charge in [-0.25, -0.2) is 4.57 Å². The average molecular weight is 1040 g/mol. The first-order valence-corrected chi connectivity index (χ1v) is 33.8. The lowest BCUT2D eigenvalue weighted by atomic mass is 10.0. The molecule has 1 unspecified atom stereocenters. The number of hydrogen-bond donors (Lipinski definition) is 4. The normalized spacial score (nSPS) is 13.6. The molecule has 0 aromatic rings. The molecule has 0 aliphatic heterocycles. The van der Waals surface area contributed by atoms with Crippen LogP contribution < -0.4 is 11.1 Å². The molecule has 0 aliphatic rings. The number of aliphatic hydroxyl groups excluding tert-OH is 1. The number of hydrogen-bond acceptors (Lipinski definition) is 6. The highest BCUT2D eigenvalue weighted by molar-refractivity contribution is 7.47. The van der Waals surface area contributed by atoms with Crippen molar-refractivity contribution < 1.29 is 28.4 Å². The van der Waals surface area contributed by atoms with Gasteiger partial charge in [0.05, 0.1) is 25.4 Å². The molecule has 0 spiro atoms. The van der Waals surface area contributed by atoms with Crippen LogP contribution in [0.3, 0.4) is 0 Å². The number of amides is 1. The Bertz CT molecular complexity index is 1140. The van der Waals surface area contributed by atoms with E-state index in [2.05, 4.69) is 19.2 Å². The molecule has 0 rings (SSSR count). The fraction of sp³-hybridized carbons (Fsp3) is 0.952. The van der Waals surface area contributed by atoms with Gasteiger partial charge < -0.3 is 21.1 Å². The number of carbonyl (C=O) groups is 1. The van der Waals surface area contributed by atoms with Crippen LogP contribution in [0.5, 0.6) is 0 Å². The third-order valence-corrected chi connectivity index (χ3v) is 16.1. The number of nitrogens with two attached hydrogens (primary N) is 1. The van der Waals surface area contributed by atoms with E-state index in [1.807, 2.05) is 6.08 Å². The van der Waals surface area contributed by atoms with Crippen LogP contribution in [0.25, 0.3) is 0 Å². The third-order valence-electron chi connectivity index (χ3n) is 15.1. The highest BCUT2D eigenvalue weighted by Gasteiger charge is 2.27. The molecule has 0 saturated heterocycles. The largest absolute Gasteiger partial charge is 0.472 e. The van der Waals surface area contributed by atoms with Crippen molar-refractivity contribution in [3.63, 3.8) is 0 Å². The van der Waals surface area contributed by atoms with E-state index < -0.39 is 20.0 Å². The van der Waals surface area contributed by atoms with E-state index in [1.54, 1.807) is 6.08 Å². The van der Waals surface area contributed by atoms with Gasteiger partial charge in [-0.15, -0.1) is 0 Å². The molecule has 0 bridgehead atoms. The standard InChI is InChI=1S/C63H127N2O6P/c1-3-5-7-9-11-13-15-17-19-21-22-23-24-25-26-27-28-29-30-31-32-33-34-35-36-37-38-39-41-43-45-47-49-51-53-55-57-63(67)65-61(60-71-72(68,69)70-59-58-64)62(66)56-54-52-50-48-46-44-42-40-20-18-16-14-12-10-8-6-4-2/h54,56,61-62,66H,3-53,55,57-60,64H2,1-2H3,(H,65,67)(H,68,69)/b56-54+/t61-,62+/m0/s1. The Kier molecular flexibility index (Phi) is 58.9. The molecular formula is C63H127N2O6P. The van der Waals surface area contributed by atoms with Crippen LogP contribution in [0.2, 0.25) is 0 Å². The lowest BCUT2D eigenvalue weighted by molar-refractivity contribution is -0.123. The molecule has 5 N–H and O–H groups in total. The molecular weight excluding hydrogens is 912 g/mol. The third kappa shape index (κ3) is 57.0. The first kappa shape index (κ1) is 71.2. The Labute approximate surface area is 449 Å². The van der Waals surface area contributed by atoms with Gasteiger partial charge in [-0.3, -0.25) is 13.8 Å². The van der Waals surface area contributed by atoms with E-state index in [1.165, 1.54) is 295 Å². The molecule has 0 radical (unpaired) electrons. The van der Waals surface area contributed by atoms with Crippen LogP contribution in [0, 0.1) is 0 Å². The molecule has 8 nitrogen and oxygen atoms in total. The predicted molar refractivity (Wildman–Crippen MR) is 314 cm³/mol. The second-order valence-corrected chi connectivity index (χ2v) is 23.8. The monoisotopic (exact) mass is 1040 g/mol.